The smallest absolute Gasteiger partial charge is 0.407 e. The first kappa shape index (κ1) is 15.7. The molecule has 1 aromatic heterocycles. The Morgan fingerprint density at radius 3 is 2.75 bits per heavy atom. The molecule has 3 N–H and O–H groups in total. The number of amides is 2. The number of nitrogens with one attached hydrogen (secondary N) is 1. The van der Waals surface area contributed by atoms with Crippen LogP contribution in [0.2, 0.25) is 0 Å². The lowest BCUT2D eigenvalue weighted by Crippen LogP contribution is -2.34. The van der Waals surface area contributed by atoms with E-state index in [1.165, 1.54) is 4.68 Å². The molecule has 1 rings (SSSR count). The lowest BCUT2D eigenvalue weighted by Gasteiger charge is -2.19. The number of hydrogen-bond donors (Lipinski definition) is 2. The molecule has 0 saturated carbocycles. The van der Waals surface area contributed by atoms with Crippen molar-refractivity contribution in [2.75, 3.05) is 6.54 Å². The fourth-order valence-electron chi connectivity index (χ4n) is 1.25. The van der Waals surface area contributed by atoms with Gasteiger partial charge in [-0.2, -0.15) is 0 Å². The Hall–Kier alpha value is -2.32. The minimum atomic E-state index is -0.869. The number of carbonyl (C=O) groups excluding carboxylic acids is 2. The van der Waals surface area contributed by atoms with E-state index in [2.05, 4.69) is 20.4 Å². The maximum absolute atomic E-state index is 11.4. The van der Waals surface area contributed by atoms with Crippen molar-refractivity contribution in [3.05, 3.63) is 11.9 Å². The van der Waals surface area contributed by atoms with Crippen LogP contribution in [0.1, 0.15) is 26.5 Å². The number of hydrogen-bond acceptors (Lipinski definition) is 6. The number of primary amides is 1. The van der Waals surface area contributed by atoms with Crippen molar-refractivity contribution >= 4 is 12.2 Å². The second-order valence-electron chi connectivity index (χ2n) is 5.01. The zero-order valence-corrected chi connectivity index (χ0v) is 11.8. The molecular weight excluding hydrogens is 266 g/mol. The molecule has 0 atom stereocenters. The van der Waals surface area contributed by atoms with Crippen molar-refractivity contribution in [3.63, 3.8) is 0 Å². The van der Waals surface area contributed by atoms with Crippen LogP contribution < -0.4 is 11.1 Å². The van der Waals surface area contributed by atoms with Crippen molar-refractivity contribution in [2.45, 2.75) is 39.5 Å². The van der Waals surface area contributed by atoms with Crippen molar-refractivity contribution in [2.24, 2.45) is 5.73 Å². The molecule has 0 aliphatic rings. The van der Waals surface area contributed by atoms with Crippen LogP contribution in [0.4, 0.5) is 9.59 Å². The minimum Gasteiger partial charge on any atom is -0.444 e. The van der Waals surface area contributed by atoms with Gasteiger partial charge < -0.3 is 20.5 Å². The topological polar surface area (TPSA) is 121 Å². The quantitative estimate of drug-likeness (QED) is 0.807. The molecule has 9 heteroatoms. The third-order valence-electron chi connectivity index (χ3n) is 1.96. The van der Waals surface area contributed by atoms with Crippen LogP contribution in [0.25, 0.3) is 0 Å². The minimum absolute atomic E-state index is 0.0329. The van der Waals surface area contributed by atoms with E-state index in [0.717, 1.165) is 0 Å². The Kier molecular flexibility index (Phi) is 5.30. The van der Waals surface area contributed by atoms with Crippen LogP contribution in [-0.4, -0.2) is 39.3 Å². The number of ether oxygens (including phenoxy) is 2. The largest absolute Gasteiger partial charge is 0.444 e. The third kappa shape index (κ3) is 6.57. The zero-order valence-electron chi connectivity index (χ0n) is 11.8. The number of rotatable bonds is 5. The summed E-state index contributed by atoms with van der Waals surface area (Å²) in [5, 5.41) is 10.2. The van der Waals surface area contributed by atoms with E-state index in [9.17, 15) is 9.59 Å². The van der Waals surface area contributed by atoms with Gasteiger partial charge in [0.1, 0.15) is 17.9 Å². The van der Waals surface area contributed by atoms with Crippen molar-refractivity contribution in [1.82, 2.24) is 20.3 Å². The number of nitrogens with two attached hydrogens (primary N) is 1. The molecule has 0 spiro atoms. The molecule has 112 valence electrons. The van der Waals surface area contributed by atoms with Gasteiger partial charge in [0.25, 0.3) is 0 Å². The van der Waals surface area contributed by atoms with Crippen LogP contribution in [0.3, 0.4) is 0 Å². The molecule has 0 fully saturated rings. The van der Waals surface area contributed by atoms with Gasteiger partial charge in [-0.3, -0.25) is 4.68 Å². The molecule has 0 saturated heterocycles. The summed E-state index contributed by atoms with van der Waals surface area (Å²) in [6.45, 7) is 6.09. The van der Waals surface area contributed by atoms with Gasteiger partial charge in [-0.05, 0) is 20.8 Å². The highest BCUT2D eigenvalue weighted by Gasteiger charge is 2.15. The monoisotopic (exact) mass is 285 g/mol. The second kappa shape index (κ2) is 6.73. The van der Waals surface area contributed by atoms with E-state index in [0.29, 0.717) is 18.8 Å². The lowest BCUT2D eigenvalue weighted by molar-refractivity contribution is 0.0525. The Labute approximate surface area is 116 Å². The molecule has 9 nitrogen and oxygen atoms in total. The summed E-state index contributed by atoms with van der Waals surface area (Å²) in [6.07, 6.45) is 0.237. The van der Waals surface area contributed by atoms with Gasteiger partial charge in [0, 0.05) is 6.54 Å². The molecule has 20 heavy (non-hydrogen) atoms. The fourth-order valence-corrected chi connectivity index (χ4v) is 1.25. The number of aromatic nitrogens is 3. The number of nitrogens with zero attached hydrogens (tertiary/aromatic N) is 3. The first-order chi connectivity index (χ1) is 9.26. The van der Waals surface area contributed by atoms with Gasteiger partial charge in [-0.15, -0.1) is 5.10 Å². The third-order valence-corrected chi connectivity index (χ3v) is 1.96. The fraction of sp³-hybridized carbons (Fsp3) is 0.636. The lowest BCUT2D eigenvalue weighted by atomic mass is 10.2. The van der Waals surface area contributed by atoms with Crippen molar-refractivity contribution in [1.29, 1.82) is 0 Å². The predicted octanol–water partition coefficient (Wildman–Crippen LogP) is 0.398. The highest BCUT2D eigenvalue weighted by Crippen LogP contribution is 2.06. The van der Waals surface area contributed by atoms with Gasteiger partial charge >= 0.3 is 12.2 Å². The molecule has 0 aromatic carbocycles. The standard InChI is InChI=1S/C11H19N5O4/c1-11(2,3)20-10(18)13-4-5-16-6-8(14-15-16)7-19-9(12)17/h6H,4-5,7H2,1-3H3,(H2,12,17)(H,13,18). The van der Waals surface area contributed by atoms with Crippen molar-refractivity contribution in [3.8, 4) is 0 Å². The molecule has 2 amide bonds. The molecule has 1 aromatic rings. The summed E-state index contributed by atoms with van der Waals surface area (Å²) in [7, 11) is 0. The van der Waals surface area contributed by atoms with E-state index in [1.807, 2.05) is 0 Å². The SMILES string of the molecule is CC(C)(C)OC(=O)NCCn1cc(COC(N)=O)nn1. The second-order valence-corrected chi connectivity index (χ2v) is 5.01. The zero-order chi connectivity index (χ0) is 15.2. The molecule has 0 radical (unpaired) electrons. The van der Waals surface area contributed by atoms with Crippen LogP contribution in [0.5, 0.6) is 0 Å². The summed E-state index contributed by atoms with van der Waals surface area (Å²) in [5.74, 6) is 0. The van der Waals surface area contributed by atoms with E-state index >= 15 is 0 Å². The Bertz CT molecular complexity index is 466. The van der Waals surface area contributed by atoms with E-state index in [4.69, 9.17) is 10.5 Å². The number of carbonyl (C=O) groups is 2. The first-order valence-corrected chi connectivity index (χ1v) is 6.04. The van der Waals surface area contributed by atoms with Crippen molar-refractivity contribution < 1.29 is 19.1 Å². The maximum Gasteiger partial charge on any atom is 0.407 e. The highest BCUT2D eigenvalue weighted by atomic mass is 16.6. The average molecular weight is 285 g/mol. The summed E-state index contributed by atoms with van der Waals surface area (Å²) >= 11 is 0. The Balaban J connectivity index is 2.29. The van der Waals surface area contributed by atoms with E-state index in [1.54, 1.807) is 27.0 Å². The van der Waals surface area contributed by atoms with E-state index < -0.39 is 17.8 Å². The number of alkyl carbamates (subject to hydrolysis) is 1. The predicted molar refractivity (Wildman–Crippen MR) is 68.6 cm³/mol. The van der Waals surface area contributed by atoms with Crippen LogP contribution >= 0.6 is 0 Å². The van der Waals surface area contributed by atoms with Crippen LogP contribution in [0, 0.1) is 0 Å². The van der Waals surface area contributed by atoms with Gasteiger partial charge in [-0.25, -0.2) is 9.59 Å². The first-order valence-electron chi connectivity index (χ1n) is 6.04. The van der Waals surface area contributed by atoms with E-state index in [-0.39, 0.29) is 6.61 Å². The highest BCUT2D eigenvalue weighted by molar-refractivity contribution is 5.67. The molecule has 0 aliphatic carbocycles. The summed E-state index contributed by atoms with van der Waals surface area (Å²) in [5.41, 5.74) is 4.78. The molecule has 0 bridgehead atoms. The summed E-state index contributed by atoms with van der Waals surface area (Å²) in [6, 6.07) is 0. The van der Waals surface area contributed by atoms with Crippen LogP contribution in [0.15, 0.2) is 6.20 Å². The molecule has 1 heterocycles. The normalized spacial score (nSPS) is 10.9. The maximum atomic E-state index is 11.4. The van der Waals surface area contributed by atoms with Gasteiger partial charge in [0.15, 0.2) is 0 Å². The van der Waals surface area contributed by atoms with Crippen LogP contribution in [-0.2, 0) is 22.6 Å². The van der Waals surface area contributed by atoms with Gasteiger partial charge in [0.05, 0.1) is 12.7 Å². The Morgan fingerprint density at radius 1 is 1.45 bits per heavy atom. The summed E-state index contributed by atoms with van der Waals surface area (Å²) in [4.78, 5) is 21.8. The Morgan fingerprint density at radius 2 is 2.15 bits per heavy atom. The molecule has 0 unspecified atom stereocenters. The van der Waals surface area contributed by atoms with Gasteiger partial charge in [0.2, 0.25) is 0 Å². The molecule has 0 aliphatic heterocycles. The summed E-state index contributed by atoms with van der Waals surface area (Å²) < 4.78 is 11.2. The average Bonchev–Trinajstić information content (AvgIpc) is 2.72. The van der Waals surface area contributed by atoms with Gasteiger partial charge in [-0.1, -0.05) is 5.21 Å². The molecular formula is C11H19N5O4.